The maximum atomic E-state index is 12.3. The molecule has 1 fully saturated rings. The number of hydrogen-bond acceptors (Lipinski definition) is 4. The van der Waals surface area contributed by atoms with Crippen molar-refractivity contribution in [3.8, 4) is 5.75 Å². The van der Waals surface area contributed by atoms with Crippen molar-refractivity contribution in [3.63, 3.8) is 0 Å². The van der Waals surface area contributed by atoms with E-state index in [0.717, 1.165) is 10.2 Å². The zero-order valence-corrected chi connectivity index (χ0v) is 16.2. The highest BCUT2D eigenvalue weighted by molar-refractivity contribution is 9.10. The molecule has 2 N–H and O–H groups in total. The normalized spacial score (nSPS) is 16.1. The number of anilines is 1. The monoisotopic (exact) mass is 431 g/mol. The molecular formula is C19H18BrN3O4. The molecule has 0 saturated carbocycles. The lowest BCUT2D eigenvalue weighted by atomic mass is 10.1. The van der Waals surface area contributed by atoms with E-state index in [1.54, 1.807) is 29.2 Å². The van der Waals surface area contributed by atoms with Gasteiger partial charge >= 0.3 is 0 Å². The number of halogens is 1. The predicted octanol–water partition coefficient (Wildman–Crippen LogP) is 2.27. The number of nitrogens with one attached hydrogen (secondary N) is 2. The van der Waals surface area contributed by atoms with Gasteiger partial charge in [0.2, 0.25) is 11.8 Å². The van der Waals surface area contributed by atoms with Crippen molar-refractivity contribution < 1.29 is 19.1 Å². The largest absolute Gasteiger partial charge is 0.497 e. The second-order valence-corrected chi connectivity index (χ2v) is 6.97. The predicted molar refractivity (Wildman–Crippen MR) is 103 cm³/mol. The van der Waals surface area contributed by atoms with Gasteiger partial charge in [0.15, 0.2) is 0 Å². The molecule has 3 amide bonds. The van der Waals surface area contributed by atoms with Crippen LogP contribution in [0, 0.1) is 5.92 Å². The summed E-state index contributed by atoms with van der Waals surface area (Å²) in [4.78, 5) is 38.2. The summed E-state index contributed by atoms with van der Waals surface area (Å²) in [7, 11) is 1.54. The van der Waals surface area contributed by atoms with E-state index in [9.17, 15) is 14.4 Å². The van der Waals surface area contributed by atoms with Gasteiger partial charge in [-0.3, -0.25) is 25.2 Å². The molecule has 0 spiro atoms. The van der Waals surface area contributed by atoms with Crippen LogP contribution >= 0.6 is 15.9 Å². The molecule has 7 nitrogen and oxygen atoms in total. The third kappa shape index (κ3) is 4.46. The molecule has 8 heteroatoms. The summed E-state index contributed by atoms with van der Waals surface area (Å²) in [6, 6.07) is 13.8. The maximum absolute atomic E-state index is 12.3. The fraction of sp³-hybridized carbons (Fsp3) is 0.211. The Morgan fingerprint density at radius 1 is 1.07 bits per heavy atom. The van der Waals surface area contributed by atoms with Gasteiger partial charge < -0.3 is 9.64 Å². The molecule has 2 aromatic rings. The lowest BCUT2D eigenvalue weighted by Gasteiger charge is -2.17. The van der Waals surface area contributed by atoms with Crippen LogP contribution in [0.15, 0.2) is 53.0 Å². The summed E-state index contributed by atoms with van der Waals surface area (Å²) in [5.41, 5.74) is 5.89. The second kappa shape index (κ2) is 8.22. The Bertz CT molecular complexity index is 852. The lowest BCUT2D eigenvalue weighted by Crippen LogP contribution is -2.45. The van der Waals surface area contributed by atoms with Crippen molar-refractivity contribution in [2.75, 3.05) is 18.6 Å². The summed E-state index contributed by atoms with van der Waals surface area (Å²) >= 11 is 3.35. The van der Waals surface area contributed by atoms with Crippen LogP contribution in [0.3, 0.4) is 0 Å². The molecule has 1 saturated heterocycles. The Morgan fingerprint density at radius 3 is 2.37 bits per heavy atom. The quantitative estimate of drug-likeness (QED) is 0.726. The Morgan fingerprint density at radius 2 is 1.74 bits per heavy atom. The van der Waals surface area contributed by atoms with E-state index in [1.807, 2.05) is 24.3 Å². The Labute approximate surface area is 164 Å². The first kappa shape index (κ1) is 18.9. The van der Waals surface area contributed by atoms with Gasteiger partial charge in [0.25, 0.3) is 5.91 Å². The first-order valence-electron chi connectivity index (χ1n) is 8.28. The highest BCUT2D eigenvalue weighted by Gasteiger charge is 2.35. The summed E-state index contributed by atoms with van der Waals surface area (Å²) in [6.07, 6.45) is 0.0975. The maximum Gasteiger partial charge on any atom is 0.269 e. The fourth-order valence-electron chi connectivity index (χ4n) is 2.79. The first-order chi connectivity index (χ1) is 13.0. The van der Waals surface area contributed by atoms with Crippen LogP contribution in [0.5, 0.6) is 5.75 Å². The molecule has 27 heavy (non-hydrogen) atoms. The number of benzene rings is 2. The molecule has 0 radical (unpaired) electrons. The van der Waals surface area contributed by atoms with Crippen molar-refractivity contribution in [1.29, 1.82) is 0 Å². The van der Waals surface area contributed by atoms with E-state index in [1.165, 1.54) is 7.11 Å². The number of rotatable bonds is 4. The van der Waals surface area contributed by atoms with Crippen LogP contribution in [-0.4, -0.2) is 31.4 Å². The fourth-order valence-corrected chi connectivity index (χ4v) is 3.05. The van der Waals surface area contributed by atoms with Crippen LogP contribution < -0.4 is 20.5 Å². The van der Waals surface area contributed by atoms with E-state index in [4.69, 9.17) is 4.74 Å². The molecule has 3 rings (SSSR count). The standard InChI is InChI=1S/C19H18BrN3O4/c1-27-16-8-2-12(3-9-16)18(25)21-22-19(26)13-10-17(24)23(11-13)15-6-4-14(20)5-7-15/h2-9,13H,10-11H2,1H3,(H,21,25)(H,22,26)/t13-/m0/s1. The van der Waals surface area contributed by atoms with Crippen molar-refractivity contribution in [1.82, 2.24) is 10.9 Å². The van der Waals surface area contributed by atoms with Gasteiger partial charge in [-0.1, -0.05) is 15.9 Å². The van der Waals surface area contributed by atoms with Gasteiger partial charge in [-0.25, -0.2) is 0 Å². The van der Waals surface area contributed by atoms with Gasteiger partial charge in [-0.05, 0) is 48.5 Å². The van der Waals surface area contributed by atoms with Crippen LogP contribution in [-0.2, 0) is 9.59 Å². The van der Waals surface area contributed by atoms with Crippen molar-refractivity contribution in [3.05, 3.63) is 58.6 Å². The lowest BCUT2D eigenvalue weighted by molar-refractivity contribution is -0.126. The minimum atomic E-state index is -0.530. The Balaban J connectivity index is 1.55. The average molecular weight is 432 g/mol. The van der Waals surface area contributed by atoms with Crippen LogP contribution in [0.25, 0.3) is 0 Å². The summed E-state index contributed by atoms with van der Waals surface area (Å²) in [6.45, 7) is 0.269. The smallest absolute Gasteiger partial charge is 0.269 e. The molecule has 1 aliphatic heterocycles. The number of nitrogens with zero attached hydrogens (tertiary/aromatic N) is 1. The van der Waals surface area contributed by atoms with Crippen molar-refractivity contribution >= 4 is 39.3 Å². The van der Waals surface area contributed by atoms with E-state index in [0.29, 0.717) is 11.3 Å². The van der Waals surface area contributed by atoms with Crippen molar-refractivity contribution in [2.24, 2.45) is 5.92 Å². The SMILES string of the molecule is COc1ccc(C(=O)NNC(=O)[C@H]2CC(=O)N(c3ccc(Br)cc3)C2)cc1. The van der Waals surface area contributed by atoms with E-state index in [-0.39, 0.29) is 18.9 Å². The van der Waals surface area contributed by atoms with E-state index in [2.05, 4.69) is 26.8 Å². The highest BCUT2D eigenvalue weighted by Crippen LogP contribution is 2.26. The minimum absolute atomic E-state index is 0.0975. The number of hydrogen-bond donors (Lipinski definition) is 2. The molecule has 0 aliphatic carbocycles. The summed E-state index contributed by atoms with van der Waals surface area (Å²) < 4.78 is 5.95. The summed E-state index contributed by atoms with van der Waals surface area (Å²) in [5, 5.41) is 0. The van der Waals surface area contributed by atoms with Gasteiger partial charge in [0, 0.05) is 28.7 Å². The topological polar surface area (TPSA) is 87.7 Å². The van der Waals surface area contributed by atoms with Gasteiger partial charge in [0.05, 0.1) is 13.0 Å². The molecule has 2 aromatic carbocycles. The van der Waals surface area contributed by atoms with E-state index < -0.39 is 17.7 Å². The molecule has 1 aliphatic rings. The number of amides is 3. The molecular weight excluding hydrogens is 414 g/mol. The van der Waals surface area contributed by atoms with Crippen LogP contribution in [0.2, 0.25) is 0 Å². The van der Waals surface area contributed by atoms with Crippen LogP contribution in [0.4, 0.5) is 5.69 Å². The van der Waals surface area contributed by atoms with Gasteiger partial charge in [0.1, 0.15) is 5.75 Å². The van der Waals surface area contributed by atoms with Crippen LogP contribution in [0.1, 0.15) is 16.8 Å². The molecule has 0 unspecified atom stereocenters. The average Bonchev–Trinajstić information content (AvgIpc) is 3.08. The first-order valence-corrected chi connectivity index (χ1v) is 9.07. The van der Waals surface area contributed by atoms with Gasteiger partial charge in [-0.2, -0.15) is 0 Å². The number of carbonyl (C=O) groups is 3. The number of carbonyl (C=O) groups excluding carboxylic acids is 3. The number of methoxy groups -OCH3 is 1. The second-order valence-electron chi connectivity index (χ2n) is 6.05. The molecule has 140 valence electrons. The van der Waals surface area contributed by atoms with E-state index >= 15 is 0 Å². The molecule has 1 heterocycles. The number of hydrazine groups is 1. The Kier molecular flexibility index (Phi) is 5.75. The van der Waals surface area contributed by atoms with Crippen molar-refractivity contribution in [2.45, 2.75) is 6.42 Å². The highest BCUT2D eigenvalue weighted by atomic mass is 79.9. The number of ether oxygens (including phenoxy) is 1. The molecule has 0 bridgehead atoms. The molecule has 0 aromatic heterocycles. The van der Waals surface area contributed by atoms with Gasteiger partial charge in [-0.15, -0.1) is 0 Å². The third-order valence-electron chi connectivity index (χ3n) is 4.29. The molecule has 1 atom stereocenters. The zero-order valence-electron chi connectivity index (χ0n) is 14.6. The zero-order chi connectivity index (χ0) is 19.4. The summed E-state index contributed by atoms with van der Waals surface area (Å²) in [5.74, 6) is -0.866. The Hall–Kier alpha value is -2.87. The minimum Gasteiger partial charge on any atom is -0.497 e. The third-order valence-corrected chi connectivity index (χ3v) is 4.81.